The lowest BCUT2D eigenvalue weighted by molar-refractivity contribution is -0.155. The summed E-state index contributed by atoms with van der Waals surface area (Å²) < 4.78 is 13.9. The van der Waals surface area contributed by atoms with Gasteiger partial charge in [-0.1, -0.05) is 39.0 Å². The van der Waals surface area contributed by atoms with E-state index in [1.54, 1.807) is 25.8 Å². The molecule has 2 aromatic rings. The minimum absolute atomic E-state index is 0.164. The zero-order valence-corrected chi connectivity index (χ0v) is 21.0. The van der Waals surface area contributed by atoms with Crippen molar-refractivity contribution < 1.29 is 19.1 Å². The van der Waals surface area contributed by atoms with Gasteiger partial charge in [-0.3, -0.25) is 19.1 Å². The number of rotatable bonds is 9. The van der Waals surface area contributed by atoms with Crippen molar-refractivity contribution in [1.29, 1.82) is 0 Å². The number of aromatic nitrogens is 2. The van der Waals surface area contributed by atoms with Gasteiger partial charge in [-0.2, -0.15) is 0 Å². The Morgan fingerprint density at radius 1 is 1.09 bits per heavy atom. The summed E-state index contributed by atoms with van der Waals surface area (Å²) in [4.78, 5) is 38.6. The van der Waals surface area contributed by atoms with Gasteiger partial charge in [0.05, 0.1) is 18.0 Å². The van der Waals surface area contributed by atoms with E-state index in [1.165, 1.54) is 4.68 Å². The van der Waals surface area contributed by atoms with E-state index in [0.717, 1.165) is 0 Å². The third kappa shape index (κ3) is 6.57. The molecule has 0 bridgehead atoms. The molecule has 2 rings (SSSR count). The highest BCUT2D eigenvalue weighted by Gasteiger charge is 2.34. The largest absolute Gasteiger partial charge is 0.460 e. The van der Waals surface area contributed by atoms with E-state index in [9.17, 15) is 14.4 Å². The zero-order valence-electron chi connectivity index (χ0n) is 21.0. The van der Waals surface area contributed by atoms with Gasteiger partial charge in [-0.15, -0.1) is 0 Å². The van der Waals surface area contributed by atoms with E-state index in [1.807, 2.05) is 65.0 Å². The fourth-order valence-corrected chi connectivity index (χ4v) is 3.56. The lowest BCUT2D eigenvalue weighted by Gasteiger charge is -2.31. The molecule has 0 aliphatic heterocycles. The van der Waals surface area contributed by atoms with E-state index in [2.05, 4.69) is 5.32 Å². The first-order chi connectivity index (χ1) is 15.3. The lowest BCUT2D eigenvalue weighted by Crippen LogP contribution is -2.35. The molecule has 0 spiro atoms. The molecule has 1 unspecified atom stereocenters. The van der Waals surface area contributed by atoms with Gasteiger partial charge in [-0.05, 0) is 44.7 Å². The molecule has 0 saturated carbocycles. The molecule has 0 aliphatic carbocycles. The fraction of sp³-hybridized carbons (Fsp3) is 0.560. The smallest absolute Gasteiger partial charge is 0.306 e. The van der Waals surface area contributed by atoms with Crippen molar-refractivity contribution in [3.8, 4) is 5.69 Å². The SMILES string of the molecule is COCc1c(NC(=O)C(C)C(C)(C)CCC(=O)OC(C)(C)C)c(=O)n(-c2ccccc2)n1C. The highest BCUT2D eigenvalue weighted by Crippen LogP contribution is 2.33. The van der Waals surface area contributed by atoms with Gasteiger partial charge in [0.25, 0.3) is 5.56 Å². The summed E-state index contributed by atoms with van der Waals surface area (Å²) in [5.74, 6) is -1.04. The standard InChI is InChI=1S/C25H37N3O5/c1-17(25(5,6)15-14-20(29)33-24(2,3)4)22(30)26-21-19(16-32-8)27(7)28(23(21)31)18-12-10-9-11-13-18/h9-13,17H,14-16H2,1-8H3,(H,26,30). The van der Waals surface area contributed by atoms with Crippen molar-refractivity contribution in [2.24, 2.45) is 18.4 Å². The molecule has 0 saturated heterocycles. The first-order valence-electron chi connectivity index (χ1n) is 11.2. The molecule has 0 aliphatic rings. The van der Waals surface area contributed by atoms with Gasteiger partial charge >= 0.3 is 5.97 Å². The topological polar surface area (TPSA) is 91.6 Å². The molecule has 33 heavy (non-hydrogen) atoms. The monoisotopic (exact) mass is 459 g/mol. The van der Waals surface area contributed by atoms with Crippen LogP contribution in [0.1, 0.15) is 60.1 Å². The number of ether oxygens (including phenoxy) is 2. The summed E-state index contributed by atoms with van der Waals surface area (Å²) in [6.45, 7) is 11.3. The van der Waals surface area contributed by atoms with E-state index in [-0.39, 0.29) is 36.2 Å². The Kier molecular flexibility index (Phi) is 8.30. The van der Waals surface area contributed by atoms with Gasteiger partial charge in [0, 0.05) is 26.5 Å². The van der Waals surface area contributed by atoms with Crippen LogP contribution >= 0.6 is 0 Å². The number of esters is 1. The second kappa shape index (κ2) is 10.4. The summed E-state index contributed by atoms with van der Waals surface area (Å²) in [5, 5.41) is 2.84. The molecular formula is C25H37N3O5. The first kappa shape index (κ1) is 26.4. The van der Waals surface area contributed by atoms with Crippen LogP contribution in [0.4, 0.5) is 5.69 Å². The normalized spacial score (nSPS) is 13.0. The molecule has 0 radical (unpaired) electrons. The molecule has 0 fully saturated rings. The Morgan fingerprint density at radius 3 is 2.24 bits per heavy atom. The number of anilines is 1. The molecule has 1 atom stereocenters. The van der Waals surface area contributed by atoms with E-state index in [0.29, 0.717) is 17.8 Å². The molecule has 8 heteroatoms. The van der Waals surface area contributed by atoms with Crippen LogP contribution in [0, 0.1) is 11.3 Å². The van der Waals surface area contributed by atoms with Gasteiger partial charge < -0.3 is 14.8 Å². The maximum Gasteiger partial charge on any atom is 0.306 e. The Labute approximate surface area is 195 Å². The van der Waals surface area contributed by atoms with Crippen LogP contribution in [0.5, 0.6) is 0 Å². The summed E-state index contributed by atoms with van der Waals surface area (Å²) >= 11 is 0. The predicted molar refractivity (Wildman–Crippen MR) is 128 cm³/mol. The maximum atomic E-state index is 13.3. The van der Waals surface area contributed by atoms with Crippen molar-refractivity contribution in [2.75, 3.05) is 12.4 Å². The third-order valence-corrected chi connectivity index (χ3v) is 5.87. The average molecular weight is 460 g/mol. The van der Waals surface area contributed by atoms with E-state index < -0.39 is 16.9 Å². The van der Waals surface area contributed by atoms with Crippen LogP contribution in [0.25, 0.3) is 5.69 Å². The Hall–Kier alpha value is -2.87. The van der Waals surface area contributed by atoms with Crippen molar-refractivity contribution in [1.82, 2.24) is 9.36 Å². The highest BCUT2D eigenvalue weighted by atomic mass is 16.6. The number of methoxy groups -OCH3 is 1. The van der Waals surface area contributed by atoms with E-state index >= 15 is 0 Å². The molecule has 1 heterocycles. The maximum absolute atomic E-state index is 13.3. The van der Waals surface area contributed by atoms with Crippen LogP contribution in [-0.4, -0.2) is 34.0 Å². The third-order valence-electron chi connectivity index (χ3n) is 5.87. The first-order valence-corrected chi connectivity index (χ1v) is 11.2. The highest BCUT2D eigenvalue weighted by molar-refractivity contribution is 5.93. The van der Waals surface area contributed by atoms with Crippen molar-refractivity contribution >= 4 is 17.6 Å². The van der Waals surface area contributed by atoms with Crippen molar-refractivity contribution in [2.45, 2.75) is 66.6 Å². The number of para-hydroxylation sites is 1. The van der Waals surface area contributed by atoms with Crippen molar-refractivity contribution in [3.63, 3.8) is 0 Å². The minimum atomic E-state index is -0.548. The van der Waals surface area contributed by atoms with Crippen LogP contribution < -0.4 is 10.9 Å². The van der Waals surface area contributed by atoms with Gasteiger partial charge in [-0.25, -0.2) is 4.68 Å². The van der Waals surface area contributed by atoms with E-state index in [4.69, 9.17) is 9.47 Å². The molecule has 1 aromatic carbocycles. The molecule has 1 amide bonds. The number of carbonyl (C=O) groups excluding carboxylic acids is 2. The predicted octanol–water partition coefficient (Wildman–Crippen LogP) is 4.05. The number of hydrogen-bond acceptors (Lipinski definition) is 5. The molecular weight excluding hydrogens is 422 g/mol. The summed E-state index contributed by atoms with van der Waals surface area (Å²) in [7, 11) is 3.30. The van der Waals surface area contributed by atoms with Gasteiger partial charge in [0.2, 0.25) is 5.91 Å². The second-order valence-corrected chi connectivity index (χ2v) is 10.0. The Balaban J connectivity index is 2.24. The average Bonchev–Trinajstić information content (AvgIpc) is 2.95. The quantitative estimate of drug-likeness (QED) is 0.572. The minimum Gasteiger partial charge on any atom is -0.460 e. The van der Waals surface area contributed by atoms with Crippen LogP contribution in [-0.2, 0) is 32.7 Å². The number of nitrogens with zero attached hydrogens (tertiary/aromatic N) is 2. The number of benzene rings is 1. The van der Waals surface area contributed by atoms with Gasteiger partial charge in [0.1, 0.15) is 11.3 Å². The summed E-state index contributed by atoms with van der Waals surface area (Å²) in [6.07, 6.45) is 0.688. The number of hydrogen-bond donors (Lipinski definition) is 1. The molecule has 182 valence electrons. The second-order valence-electron chi connectivity index (χ2n) is 10.0. The van der Waals surface area contributed by atoms with Gasteiger partial charge in [0.15, 0.2) is 0 Å². The zero-order chi connectivity index (χ0) is 25.0. The molecule has 1 aromatic heterocycles. The fourth-order valence-electron chi connectivity index (χ4n) is 3.56. The Morgan fingerprint density at radius 2 is 1.70 bits per heavy atom. The summed E-state index contributed by atoms with van der Waals surface area (Å²) in [6, 6.07) is 9.21. The lowest BCUT2D eigenvalue weighted by atomic mass is 9.76. The number of carbonyl (C=O) groups is 2. The van der Waals surface area contributed by atoms with Crippen LogP contribution in [0.3, 0.4) is 0 Å². The van der Waals surface area contributed by atoms with Crippen LogP contribution in [0.2, 0.25) is 0 Å². The number of nitrogens with one attached hydrogen (secondary N) is 1. The summed E-state index contributed by atoms with van der Waals surface area (Å²) in [5.41, 5.74) is 0.0849. The van der Waals surface area contributed by atoms with Crippen LogP contribution in [0.15, 0.2) is 35.1 Å². The molecule has 1 N–H and O–H groups in total. The number of amides is 1. The molecule has 8 nitrogen and oxygen atoms in total. The Bertz CT molecular complexity index is 1030. The van der Waals surface area contributed by atoms with Crippen molar-refractivity contribution in [3.05, 3.63) is 46.4 Å².